The third kappa shape index (κ3) is 13.8. The fraction of sp³-hybridized carbons (Fsp3) is 0.366. The number of carbonyl (C=O) groups is 4. The van der Waals surface area contributed by atoms with Gasteiger partial charge in [0.15, 0.2) is 23.1 Å². The Hall–Kier alpha value is -6.82. The zero-order valence-electron chi connectivity index (χ0n) is 35.0. The number of para-hydroxylation sites is 1. The van der Waals surface area contributed by atoms with Gasteiger partial charge in [0.25, 0.3) is 0 Å². The molecule has 4 heterocycles. The molecule has 0 unspecified atom stereocenters. The van der Waals surface area contributed by atoms with Gasteiger partial charge in [0, 0.05) is 71.9 Å². The molecule has 2 aromatic heterocycles. The highest BCUT2D eigenvalue weighted by atomic mass is 16.5. The van der Waals surface area contributed by atoms with Crippen LogP contribution in [0, 0.1) is 0 Å². The lowest BCUT2D eigenvalue weighted by molar-refractivity contribution is -0.137. The highest BCUT2D eigenvalue weighted by Crippen LogP contribution is 2.34. The van der Waals surface area contributed by atoms with E-state index in [2.05, 4.69) is 55.8 Å². The van der Waals surface area contributed by atoms with E-state index in [1.165, 1.54) is 6.07 Å². The van der Waals surface area contributed by atoms with E-state index in [9.17, 15) is 19.2 Å². The van der Waals surface area contributed by atoms with Crippen molar-refractivity contribution in [1.82, 2.24) is 29.6 Å². The summed E-state index contributed by atoms with van der Waals surface area (Å²) in [5.41, 5.74) is 25.0. The number of azo groups is 2. The van der Waals surface area contributed by atoms with Gasteiger partial charge in [0.05, 0.1) is 19.6 Å². The quantitative estimate of drug-likeness (QED) is 0.0505. The number of hydrogen-bond acceptors (Lipinski definition) is 20. The number of piperazine rings is 2. The van der Waals surface area contributed by atoms with Crippen LogP contribution < -0.4 is 43.0 Å². The number of esters is 2. The molecule has 0 aliphatic carbocycles. The highest BCUT2D eigenvalue weighted by Gasteiger charge is 2.23. The minimum Gasteiger partial charge on any atom is -0.423 e. The summed E-state index contributed by atoms with van der Waals surface area (Å²) < 4.78 is 11.5. The summed E-state index contributed by atoms with van der Waals surface area (Å²) >= 11 is 0. The molecular weight excluding hydrogens is 813 g/mol. The molecule has 0 bridgehead atoms. The van der Waals surface area contributed by atoms with Gasteiger partial charge < -0.3 is 47.9 Å². The van der Waals surface area contributed by atoms with E-state index in [1.54, 1.807) is 48.5 Å². The number of nitrogens with two attached hydrogens (primary N) is 4. The minimum atomic E-state index is -0.457. The summed E-state index contributed by atoms with van der Waals surface area (Å²) in [6.07, 6.45) is 0.140. The van der Waals surface area contributed by atoms with E-state index in [4.69, 9.17) is 32.4 Å². The predicted octanol–water partition coefficient (Wildman–Crippen LogP) is 2.53. The molecular formula is C41H52N16O6. The number of anilines is 4. The number of rotatable bonds is 17. The van der Waals surface area contributed by atoms with Crippen molar-refractivity contribution in [2.45, 2.75) is 13.0 Å². The molecule has 6 rings (SSSR count). The molecule has 10 N–H and O–H groups in total. The molecule has 0 spiro atoms. The number of carbonyl (C=O) groups excluding carboxylic acids is 4. The van der Waals surface area contributed by atoms with Gasteiger partial charge in [-0.25, -0.2) is 9.97 Å². The molecule has 332 valence electrons. The number of aromatic nitrogens is 2. The lowest BCUT2D eigenvalue weighted by Gasteiger charge is -2.34. The van der Waals surface area contributed by atoms with E-state index in [1.807, 2.05) is 24.1 Å². The Bertz CT molecular complexity index is 2310. The van der Waals surface area contributed by atoms with Gasteiger partial charge in [0.1, 0.15) is 34.4 Å². The molecule has 2 amide bonds. The van der Waals surface area contributed by atoms with E-state index in [0.717, 1.165) is 31.7 Å². The molecule has 22 heteroatoms. The van der Waals surface area contributed by atoms with E-state index in [-0.39, 0.29) is 84.7 Å². The number of ether oxygens (including phenoxy) is 2. The van der Waals surface area contributed by atoms with E-state index < -0.39 is 17.8 Å². The van der Waals surface area contributed by atoms with Crippen molar-refractivity contribution >= 4 is 69.8 Å². The number of hydrogen-bond donors (Lipinski definition) is 6. The molecule has 2 aliphatic rings. The maximum Gasteiger partial charge on any atom is 0.325 e. The van der Waals surface area contributed by atoms with Gasteiger partial charge in [-0.2, -0.15) is 0 Å². The van der Waals surface area contributed by atoms with Crippen LogP contribution in [0.2, 0.25) is 0 Å². The van der Waals surface area contributed by atoms with Crippen LogP contribution in [0.25, 0.3) is 0 Å². The van der Waals surface area contributed by atoms with E-state index >= 15 is 0 Å². The van der Waals surface area contributed by atoms with E-state index in [0.29, 0.717) is 44.1 Å². The molecule has 0 radical (unpaired) electrons. The second-order valence-electron chi connectivity index (χ2n) is 14.8. The zero-order valence-corrected chi connectivity index (χ0v) is 35.0. The van der Waals surface area contributed by atoms with Crippen molar-refractivity contribution in [3.63, 3.8) is 0 Å². The number of benzene rings is 2. The molecule has 0 atom stereocenters. The second-order valence-corrected chi connectivity index (χ2v) is 14.8. The number of amides is 2. The summed E-state index contributed by atoms with van der Waals surface area (Å²) in [5.74, 6) is -0.524. The smallest absolute Gasteiger partial charge is 0.325 e. The van der Waals surface area contributed by atoms with Gasteiger partial charge in [-0.15, -0.1) is 20.5 Å². The van der Waals surface area contributed by atoms with Crippen LogP contribution in [0.4, 0.5) is 46.0 Å². The summed E-state index contributed by atoms with van der Waals surface area (Å²) in [7, 11) is 2.05. The third-order valence-electron chi connectivity index (χ3n) is 9.94. The first-order valence-electron chi connectivity index (χ1n) is 20.3. The number of pyridine rings is 2. The van der Waals surface area contributed by atoms with Crippen LogP contribution in [0.5, 0.6) is 11.5 Å². The summed E-state index contributed by atoms with van der Waals surface area (Å²) in [5, 5.41) is 22.3. The Morgan fingerprint density at radius 2 is 1.13 bits per heavy atom. The maximum atomic E-state index is 13.1. The highest BCUT2D eigenvalue weighted by molar-refractivity contribution is 5.91. The summed E-state index contributed by atoms with van der Waals surface area (Å²) in [6.45, 7) is 6.53. The molecule has 2 fully saturated rings. The van der Waals surface area contributed by atoms with Crippen molar-refractivity contribution in [3.8, 4) is 11.5 Å². The lowest BCUT2D eigenvalue weighted by Crippen LogP contribution is -2.48. The first kappa shape index (κ1) is 45.7. The number of nitrogens with one attached hydrogen (secondary N) is 2. The maximum absolute atomic E-state index is 13.1. The first-order chi connectivity index (χ1) is 30.4. The van der Waals surface area contributed by atoms with Crippen molar-refractivity contribution in [1.29, 1.82) is 0 Å². The van der Waals surface area contributed by atoms with Crippen molar-refractivity contribution in [2.75, 3.05) is 108 Å². The van der Waals surface area contributed by atoms with Gasteiger partial charge in [-0.3, -0.25) is 33.9 Å². The van der Waals surface area contributed by atoms with Crippen molar-refractivity contribution < 1.29 is 28.7 Å². The second kappa shape index (κ2) is 22.3. The lowest BCUT2D eigenvalue weighted by atomic mass is 10.1. The van der Waals surface area contributed by atoms with Crippen LogP contribution in [-0.4, -0.2) is 139 Å². The van der Waals surface area contributed by atoms with Crippen LogP contribution in [0.15, 0.2) is 87.2 Å². The molecule has 22 nitrogen and oxygen atoms in total. The van der Waals surface area contributed by atoms with Gasteiger partial charge in [-0.05, 0) is 61.1 Å². The van der Waals surface area contributed by atoms with Crippen LogP contribution in [-0.2, 0) is 25.7 Å². The molecule has 0 saturated carbocycles. The SMILES string of the molecule is CN1CCN(CC(=O)Oc2ccc(CN3CCN(CC(=O)Oc4ccccc4N=Nc4ccc(NC(=O)CN)nc4N)CC3)cc2N=Nc2ccc(NC(=O)CCN)nc2N)CC1. The topological polar surface area (TPSA) is 303 Å². The Labute approximate surface area is 363 Å². The Kier molecular flexibility index (Phi) is 16.2. The summed E-state index contributed by atoms with van der Waals surface area (Å²) in [4.78, 5) is 66.6. The molecule has 4 aromatic rings. The van der Waals surface area contributed by atoms with Crippen molar-refractivity contribution in [2.24, 2.45) is 31.9 Å². The summed E-state index contributed by atoms with van der Waals surface area (Å²) in [6, 6.07) is 18.3. The number of nitrogen functional groups attached to an aromatic ring is 2. The van der Waals surface area contributed by atoms with Gasteiger partial charge in [-0.1, -0.05) is 18.2 Å². The van der Waals surface area contributed by atoms with Crippen molar-refractivity contribution in [3.05, 3.63) is 72.3 Å². The van der Waals surface area contributed by atoms with Crippen LogP contribution in [0.1, 0.15) is 12.0 Å². The molecule has 2 aromatic carbocycles. The average Bonchev–Trinajstić information content (AvgIpc) is 3.26. The Balaban J connectivity index is 1.06. The fourth-order valence-electron chi connectivity index (χ4n) is 6.49. The van der Waals surface area contributed by atoms with Gasteiger partial charge in [0.2, 0.25) is 11.8 Å². The fourth-order valence-corrected chi connectivity index (χ4v) is 6.49. The zero-order chi connectivity index (χ0) is 44.7. The molecule has 2 aliphatic heterocycles. The minimum absolute atomic E-state index is 0.0390. The Morgan fingerprint density at radius 1 is 0.619 bits per heavy atom. The Morgan fingerprint density at radius 3 is 1.70 bits per heavy atom. The average molecular weight is 865 g/mol. The number of likely N-dealkylation sites (N-methyl/N-ethyl adjacent to an activating group) is 1. The number of nitrogens with zero attached hydrogens (tertiary/aromatic N) is 10. The molecule has 63 heavy (non-hydrogen) atoms. The monoisotopic (exact) mass is 864 g/mol. The van der Waals surface area contributed by atoms with Crippen LogP contribution >= 0.6 is 0 Å². The standard InChI is InChI=1S/C41H52N16O6/c1-54-14-16-56(17-15-54)25-39(61)63-33-9-6-27(22-31(33)53-52-30-7-10-34(48-41(30)45)46-36(58)12-13-42)24-55-18-20-57(21-19-55)26-38(60)62-32-5-3-2-4-28(32)50-51-29-8-11-35(49-40(29)44)47-37(59)23-43/h2-11,22H,12-21,23-26,42-43H2,1H3,(H3,44,47,49,59)(H3,45,46,48,58). The molecule has 2 saturated heterocycles. The largest absolute Gasteiger partial charge is 0.423 e. The predicted molar refractivity (Wildman–Crippen MR) is 235 cm³/mol. The normalized spacial score (nSPS) is 15.4. The van der Waals surface area contributed by atoms with Crippen LogP contribution in [0.3, 0.4) is 0 Å². The van der Waals surface area contributed by atoms with Gasteiger partial charge >= 0.3 is 11.9 Å². The third-order valence-corrected chi connectivity index (χ3v) is 9.94. The first-order valence-corrected chi connectivity index (χ1v) is 20.3.